The standard InChI is InChI=1S/C15H24N2O4/c1-11(9-19-3)17-15(18)10-21-13-6-5-12(8-16-2)7-14(13)20-4/h5-7,11,16H,8-10H2,1-4H3,(H,17,18). The molecule has 0 bridgehead atoms. The fourth-order valence-electron chi connectivity index (χ4n) is 1.90. The van der Waals surface area contributed by atoms with Gasteiger partial charge in [0.25, 0.3) is 5.91 Å². The van der Waals surface area contributed by atoms with Crippen molar-refractivity contribution in [1.29, 1.82) is 0 Å². The average Bonchev–Trinajstić information content (AvgIpc) is 2.46. The van der Waals surface area contributed by atoms with Crippen molar-refractivity contribution in [2.75, 3.05) is 34.5 Å². The van der Waals surface area contributed by atoms with Gasteiger partial charge in [0.05, 0.1) is 13.7 Å². The van der Waals surface area contributed by atoms with Crippen LogP contribution in [0.2, 0.25) is 0 Å². The van der Waals surface area contributed by atoms with Crippen molar-refractivity contribution in [1.82, 2.24) is 10.6 Å². The van der Waals surface area contributed by atoms with E-state index in [4.69, 9.17) is 14.2 Å². The predicted molar refractivity (Wildman–Crippen MR) is 80.7 cm³/mol. The first-order valence-corrected chi connectivity index (χ1v) is 6.83. The smallest absolute Gasteiger partial charge is 0.258 e. The van der Waals surface area contributed by atoms with Gasteiger partial charge >= 0.3 is 0 Å². The van der Waals surface area contributed by atoms with E-state index in [0.29, 0.717) is 18.1 Å². The molecular formula is C15H24N2O4. The molecule has 1 rings (SSSR count). The third-order valence-corrected chi connectivity index (χ3v) is 2.79. The normalized spacial score (nSPS) is 11.8. The molecule has 0 fully saturated rings. The highest BCUT2D eigenvalue weighted by molar-refractivity contribution is 5.77. The van der Waals surface area contributed by atoms with Gasteiger partial charge < -0.3 is 24.8 Å². The number of rotatable bonds is 9. The van der Waals surface area contributed by atoms with Crippen molar-refractivity contribution in [2.24, 2.45) is 0 Å². The molecule has 1 atom stereocenters. The van der Waals surface area contributed by atoms with Crippen molar-refractivity contribution >= 4 is 5.91 Å². The minimum absolute atomic E-state index is 0.0500. The Morgan fingerprint density at radius 1 is 1.29 bits per heavy atom. The van der Waals surface area contributed by atoms with Crippen molar-refractivity contribution in [3.05, 3.63) is 23.8 Å². The van der Waals surface area contributed by atoms with Gasteiger partial charge in [-0.1, -0.05) is 6.07 Å². The maximum atomic E-state index is 11.7. The number of ether oxygens (including phenoxy) is 3. The van der Waals surface area contributed by atoms with E-state index >= 15 is 0 Å². The topological polar surface area (TPSA) is 68.8 Å². The summed E-state index contributed by atoms with van der Waals surface area (Å²) < 4.78 is 15.7. The SMILES string of the molecule is CNCc1ccc(OCC(=O)NC(C)COC)c(OC)c1. The number of hydrogen-bond acceptors (Lipinski definition) is 5. The molecule has 0 saturated heterocycles. The molecule has 1 aromatic carbocycles. The van der Waals surface area contributed by atoms with E-state index in [1.165, 1.54) is 0 Å². The van der Waals surface area contributed by atoms with E-state index in [2.05, 4.69) is 10.6 Å². The van der Waals surface area contributed by atoms with E-state index < -0.39 is 0 Å². The third kappa shape index (κ3) is 6.01. The molecule has 0 aromatic heterocycles. The van der Waals surface area contributed by atoms with E-state index in [-0.39, 0.29) is 18.6 Å². The minimum atomic E-state index is -0.194. The summed E-state index contributed by atoms with van der Waals surface area (Å²) in [4.78, 5) is 11.7. The van der Waals surface area contributed by atoms with Crippen molar-refractivity contribution < 1.29 is 19.0 Å². The molecule has 0 aliphatic heterocycles. The Bertz CT molecular complexity index is 451. The molecule has 1 amide bonds. The van der Waals surface area contributed by atoms with E-state index in [1.807, 2.05) is 26.1 Å². The first kappa shape index (κ1) is 17.3. The number of benzene rings is 1. The molecule has 2 N–H and O–H groups in total. The highest BCUT2D eigenvalue weighted by Gasteiger charge is 2.10. The second-order valence-electron chi connectivity index (χ2n) is 4.73. The minimum Gasteiger partial charge on any atom is -0.493 e. The van der Waals surface area contributed by atoms with Gasteiger partial charge in [0, 0.05) is 19.7 Å². The van der Waals surface area contributed by atoms with Gasteiger partial charge in [0.2, 0.25) is 0 Å². The zero-order valence-corrected chi connectivity index (χ0v) is 13.1. The largest absolute Gasteiger partial charge is 0.493 e. The van der Waals surface area contributed by atoms with Crippen LogP contribution in [0.25, 0.3) is 0 Å². The molecule has 6 heteroatoms. The fraction of sp³-hybridized carbons (Fsp3) is 0.533. The van der Waals surface area contributed by atoms with Gasteiger partial charge in [0.15, 0.2) is 18.1 Å². The van der Waals surface area contributed by atoms with Crippen molar-refractivity contribution in [3.8, 4) is 11.5 Å². The lowest BCUT2D eigenvalue weighted by Gasteiger charge is -2.15. The number of amides is 1. The lowest BCUT2D eigenvalue weighted by molar-refractivity contribution is -0.124. The fourth-order valence-corrected chi connectivity index (χ4v) is 1.90. The first-order valence-electron chi connectivity index (χ1n) is 6.83. The highest BCUT2D eigenvalue weighted by Crippen LogP contribution is 2.27. The molecule has 118 valence electrons. The van der Waals surface area contributed by atoms with E-state index in [9.17, 15) is 4.79 Å². The van der Waals surface area contributed by atoms with Gasteiger partial charge in [-0.05, 0) is 31.7 Å². The third-order valence-electron chi connectivity index (χ3n) is 2.79. The predicted octanol–water partition coefficient (Wildman–Crippen LogP) is 0.945. The second kappa shape index (κ2) is 9.20. The van der Waals surface area contributed by atoms with Crippen LogP contribution in [0.1, 0.15) is 12.5 Å². The Kier molecular flexibility index (Phi) is 7.56. The first-order chi connectivity index (χ1) is 10.1. The molecule has 6 nitrogen and oxygen atoms in total. The van der Waals surface area contributed by atoms with Crippen LogP contribution in [0.4, 0.5) is 0 Å². The summed E-state index contributed by atoms with van der Waals surface area (Å²) in [7, 11) is 5.05. The second-order valence-corrected chi connectivity index (χ2v) is 4.73. The molecule has 0 aliphatic rings. The van der Waals surface area contributed by atoms with Crippen molar-refractivity contribution in [2.45, 2.75) is 19.5 Å². The number of methoxy groups -OCH3 is 2. The molecule has 0 saturated carbocycles. The molecule has 0 aliphatic carbocycles. The summed E-state index contributed by atoms with van der Waals surface area (Å²) in [5.41, 5.74) is 1.08. The van der Waals surface area contributed by atoms with Crippen molar-refractivity contribution in [3.63, 3.8) is 0 Å². The Hall–Kier alpha value is -1.79. The van der Waals surface area contributed by atoms with Crippen LogP contribution in [0.15, 0.2) is 18.2 Å². The maximum Gasteiger partial charge on any atom is 0.258 e. The van der Waals surface area contributed by atoms with E-state index in [1.54, 1.807) is 20.3 Å². The quantitative estimate of drug-likeness (QED) is 0.710. The van der Waals surface area contributed by atoms with Crippen LogP contribution >= 0.6 is 0 Å². The molecule has 0 spiro atoms. The van der Waals surface area contributed by atoms with E-state index in [0.717, 1.165) is 12.1 Å². The molecule has 0 radical (unpaired) electrons. The lowest BCUT2D eigenvalue weighted by Crippen LogP contribution is -2.38. The summed E-state index contributed by atoms with van der Waals surface area (Å²) in [6, 6.07) is 5.57. The van der Waals surface area contributed by atoms with Gasteiger partial charge in [0.1, 0.15) is 0 Å². The van der Waals surface area contributed by atoms with Crippen LogP contribution in [-0.4, -0.2) is 46.4 Å². The maximum absolute atomic E-state index is 11.7. The highest BCUT2D eigenvalue weighted by atomic mass is 16.5. The Morgan fingerprint density at radius 3 is 2.67 bits per heavy atom. The number of carbonyl (C=O) groups is 1. The van der Waals surface area contributed by atoms with Gasteiger partial charge in [-0.3, -0.25) is 4.79 Å². The molecule has 1 unspecified atom stereocenters. The van der Waals surface area contributed by atoms with Gasteiger partial charge in [-0.2, -0.15) is 0 Å². The summed E-state index contributed by atoms with van der Waals surface area (Å²) in [6.07, 6.45) is 0. The van der Waals surface area contributed by atoms with Crippen LogP contribution < -0.4 is 20.1 Å². The summed E-state index contributed by atoms with van der Waals surface area (Å²) in [6.45, 7) is 3.02. The molecular weight excluding hydrogens is 272 g/mol. The number of carbonyl (C=O) groups excluding carboxylic acids is 1. The van der Waals surface area contributed by atoms with Gasteiger partial charge in [-0.15, -0.1) is 0 Å². The average molecular weight is 296 g/mol. The van der Waals surface area contributed by atoms with Crippen LogP contribution in [0.5, 0.6) is 11.5 Å². The van der Waals surface area contributed by atoms with Gasteiger partial charge in [-0.25, -0.2) is 0 Å². The van der Waals surface area contributed by atoms with Crippen LogP contribution in [-0.2, 0) is 16.1 Å². The monoisotopic (exact) mass is 296 g/mol. The molecule has 0 heterocycles. The molecule has 21 heavy (non-hydrogen) atoms. The Morgan fingerprint density at radius 2 is 2.05 bits per heavy atom. The summed E-state index contributed by atoms with van der Waals surface area (Å²) >= 11 is 0. The Balaban J connectivity index is 2.56. The Labute approximate surface area is 125 Å². The zero-order valence-electron chi connectivity index (χ0n) is 13.1. The zero-order chi connectivity index (χ0) is 15.7. The van der Waals surface area contributed by atoms with Crippen LogP contribution in [0.3, 0.4) is 0 Å². The number of hydrogen-bond donors (Lipinski definition) is 2. The summed E-state index contributed by atoms with van der Waals surface area (Å²) in [5.74, 6) is 0.966. The number of nitrogens with one attached hydrogen (secondary N) is 2. The van der Waals surface area contributed by atoms with Crippen LogP contribution in [0, 0.1) is 0 Å². The summed E-state index contributed by atoms with van der Waals surface area (Å²) in [5, 5.41) is 5.85. The molecule has 1 aromatic rings. The lowest BCUT2D eigenvalue weighted by atomic mass is 10.2.